The van der Waals surface area contributed by atoms with Gasteiger partial charge >= 0.3 is 0 Å². The van der Waals surface area contributed by atoms with Gasteiger partial charge in [0, 0.05) is 49.4 Å². The Bertz CT molecular complexity index is 1180. The third-order valence-electron chi connectivity index (χ3n) is 5.17. The minimum Gasteiger partial charge on any atom is -0.505 e. The van der Waals surface area contributed by atoms with Crippen LogP contribution in [0.3, 0.4) is 0 Å². The minimum absolute atomic E-state index is 0.213. The predicted octanol–water partition coefficient (Wildman–Crippen LogP) is 2.40. The fourth-order valence-corrected chi connectivity index (χ4v) is 4.48. The molecule has 1 saturated heterocycles. The van der Waals surface area contributed by atoms with Gasteiger partial charge < -0.3 is 10.0 Å². The van der Waals surface area contributed by atoms with Crippen LogP contribution in [0.5, 0.6) is 5.75 Å². The number of aromatic hydroxyl groups is 1. The molecule has 3 aromatic rings. The zero-order valence-corrected chi connectivity index (χ0v) is 16.7. The van der Waals surface area contributed by atoms with Crippen molar-refractivity contribution in [2.24, 2.45) is 0 Å². The number of halogens is 2. The van der Waals surface area contributed by atoms with Crippen molar-refractivity contribution in [1.82, 2.24) is 14.1 Å². The second-order valence-corrected chi connectivity index (χ2v) is 9.15. The van der Waals surface area contributed by atoms with Gasteiger partial charge in [-0.3, -0.25) is 0 Å². The van der Waals surface area contributed by atoms with Crippen molar-refractivity contribution in [3.63, 3.8) is 0 Å². The van der Waals surface area contributed by atoms with Gasteiger partial charge in [0.1, 0.15) is 0 Å². The molecule has 1 N–H and O–H groups in total. The van der Waals surface area contributed by atoms with Gasteiger partial charge in [-0.2, -0.15) is 13.8 Å². The number of hydrogen-bond acceptors (Lipinski definition) is 5. The van der Waals surface area contributed by atoms with Crippen LogP contribution in [0, 0.1) is 18.6 Å². The van der Waals surface area contributed by atoms with Gasteiger partial charge in [-0.15, -0.1) is 0 Å². The average molecular weight is 422 g/mol. The molecular formula is C19H20F2N4O3S. The standard InChI is InChI=1S/C19H20F2N4O3S/c1-12-7-17-13(8-16(12)23-3-5-24(6-4-23)29(2,27)28)11-22-25(17)14-9-15(20)19(21)18(26)10-14/h7-11,26H,3-6H2,1-2H3. The Kier molecular flexibility index (Phi) is 4.70. The van der Waals surface area contributed by atoms with Crippen LogP contribution in [-0.2, 0) is 10.0 Å². The second kappa shape index (κ2) is 6.96. The zero-order chi connectivity index (χ0) is 20.9. The van der Waals surface area contributed by atoms with E-state index in [0.29, 0.717) is 31.7 Å². The molecule has 1 aliphatic rings. The monoisotopic (exact) mass is 422 g/mol. The van der Waals surface area contributed by atoms with E-state index in [2.05, 4.69) is 10.00 Å². The molecule has 1 fully saturated rings. The normalized spacial score (nSPS) is 15.9. The average Bonchev–Trinajstić information content (AvgIpc) is 3.07. The molecule has 4 rings (SSSR count). The molecule has 2 heterocycles. The molecule has 1 aliphatic heterocycles. The molecule has 0 amide bonds. The number of phenols is 1. The predicted molar refractivity (Wildman–Crippen MR) is 106 cm³/mol. The van der Waals surface area contributed by atoms with Crippen LogP contribution in [0.25, 0.3) is 16.6 Å². The van der Waals surface area contributed by atoms with Crippen LogP contribution in [0.4, 0.5) is 14.5 Å². The molecule has 154 valence electrons. The van der Waals surface area contributed by atoms with Crippen molar-refractivity contribution < 1.29 is 22.3 Å². The Morgan fingerprint density at radius 1 is 1.07 bits per heavy atom. The van der Waals surface area contributed by atoms with E-state index in [0.717, 1.165) is 28.8 Å². The third kappa shape index (κ3) is 3.53. The summed E-state index contributed by atoms with van der Waals surface area (Å²) in [4.78, 5) is 2.12. The molecule has 29 heavy (non-hydrogen) atoms. The van der Waals surface area contributed by atoms with Crippen molar-refractivity contribution in [3.05, 3.63) is 47.7 Å². The molecule has 7 nitrogen and oxygen atoms in total. The van der Waals surface area contributed by atoms with E-state index in [9.17, 15) is 22.3 Å². The first kappa shape index (κ1) is 19.6. The number of aryl methyl sites for hydroxylation is 1. The molecule has 0 unspecified atom stereocenters. The number of fused-ring (bicyclic) bond motifs is 1. The van der Waals surface area contributed by atoms with Crippen LogP contribution >= 0.6 is 0 Å². The van der Waals surface area contributed by atoms with E-state index < -0.39 is 27.4 Å². The number of piperazine rings is 1. The summed E-state index contributed by atoms with van der Waals surface area (Å²) in [7, 11) is -3.20. The summed E-state index contributed by atoms with van der Waals surface area (Å²) in [5.74, 6) is -3.22. The first-order valence-corrected chi connectivity index (χ1v) is 10.9. The molecule has 1 aromatic heterocycles. The van der Waals surface area contributed by atoms with Crippen LogP contribution < -0.4 is 4.90 Å². The number of hydrogen-bond donors (Lipinski definition) is 1. The summed E-state index contributed by atoms with van der Waals surface area (Å²) < 4.78 is 53.4. The van der Waals surface area contributed by atoms with Crippen molar-refractivity contribution in [2.45, 2.75) is 6.92 Å². The Hall–Kier alpha value is -2.72. The summed E-state index contributed by atoms with van der Waals surface area (Å²) in [5, 5.41) is 14.6. The van der Waals surface area contributed by atoms with Crippen molar-refractivity contribution in [1.29, 1.82) is 0 Å². The number of sulfonamides is 1. The van der Waals surface area contributed by atoms with E-state index in [1.165, 1.54) is 15.2 Å². The van der Waals surface area contributed by atoms with E-state index in [1.807, 2.05) is 19.1 Å². The largest absolute Gasteiger partial charge is 0.505 e. The van der Waals surface area contributed by atoms with Gasteiger partial charge in [0.15, 0.2) is 17.4 Å². The van der Waals surface area contributed by atoms with Crippen molar-refractivity contribution in [2.75, 3.05) is 37.3 Å². The summed E-state index contributed by atoms with van der Waals surface area (Å²) >= 11 is 0. The van der Waals surface area contributed by atoms with Gasteiger partial charge in [0.2, 0.25) is 10.0 Å². The summed E-state index contributed by atoms with van der Waals surface area (Å²) in [5.41, 5.74) is 2.81. The number of anilines is 1. The fraction of sp³-hybridized carbons (Fsp3) is 0.316. The lowest BCUT2D eigenvalue weighted by molar-refractivity contribution is 0.388. The Balaban J connectivity index is 1.68. The van der Waals surface area contributed by atoms with Crippen molar-refractivity contribution in [3.8, 4) is 11.4 Å². The van der Waals surface area contributed by atoms with Crippen LogP contribution in [0.15, 0.2) is 30.5 Å². The van der Waals surface area contributed by atoms with E-state index in [4.69, 9.17) is 0 Å². The lowest BCUT2D eigenvalue weighted by Gasteiger charge is -2.35. The summed E-state index contributed by atoms with van der Waals surface area (Å²) in [6, 6.07) is 5.94. The maximum absolute atomic E-state index is 13.7. The SMILES string of the molecule is Cc1cc2c(cnn2-c2cc(O)c(F)c(F)c2)cc1N1CCN(S(C)(=O)=O)CC1. The topological polar surface area (TPSA) is 78.7 Å². The Morgan fingerprint density at radius 3 is 2.38 bits per heavy atom. The molecule has 0 atom stereocenters. The molecule has 0 radical (unpaired) electrons. The molecule has 2 aromatic carbocycles. The maximum Gasteiger partial charge on any atom is 0.211 e. The first-order chi connectivity index (χ1) is 13.6. The highest BCUT2D eigenvalue weighted by Crippen LogP contribution is 2.30. The second-order valence-electron chi connectivity index (χ2n) is 7.16. The highest BCUT2D eigenvalue weighted by Gasteiger charge is 2.24. The smallest absolute Gasteiger partial charge is 0.211 e. The summed E-state index contributed by atoms with van der Waals surface area (Å²) in [6.45, 7) is 3.92. The number of nitrogens with zero attached hydrogens (tertiary/aromatic N) is 4. The minimum atomic E-state index is -3.20. The van der Waals surface area contributed by atoms with Gasteiger partial charge in [0.05, 0.1) is 23.7 Å². The molecule has 10 heteroatoms. The van der Waals surface area contributed by atoms with Crippen LogP contribution in [0.1, 0.15) is 5.56 Å². The maximum atomic E-state index is 13.7. The van der Waals surface area contributed by atoms with Crippen LogP contribution in [0.2, 0.25) is 0 Å². The van der Waals surface area contributed by atoms with Gasteiger partial charge in [0.25, 0.3) is 0 Å². The lowest BCUT2D eigenvalue weighted by Crippen LogP contribution is -2.48. The number of aromatic nitrogens is 2. The quantitative estimate of drug-likeness (QED) is 0.701. The van der Waals surface area contributed by atoms with E-state index in [-0.39, 0.29) is 5.69 Å². The lowest BCUT2D eigenvalue weighted by atomic mass is 10.1. The highest BCUT2D eigenvalue weighted by atomic mass is 32.2. The van der Waals surface area contributed by atoms with Gasteiger partial charge in [-0.1, -0.05) is 0 Å². The number of benzene rings is 2. The van der Waals surface area contributed by atoms with Crippen molar-refractivity contribution >= 4 is 26.6 Å². The van der Waals surface area contributed by atoms with Crippen LogP contribution in [-0.4, -0.2) is 60.0 Å². The van der Waals surface area contributed by atoms with Gasteiger partial charge in [-0.05, 0) is 24.6 Å². The molecule has 0 bridgehead atoms. The molecular weight excluding hydrogens is 402 g/mol. The highest BCUT2D eigenvalue weighted by molar-refractivity contribution is 7.88. The Labute approximate surface area is 166 Å². The van der Waals surface area contributed by atoms with E-state index in [1.54, 1.807) is 6.20 Å². The molecule has 0 spiro atoms. The Morgan fingerprint density at radius 2 is 1.76 bits per heavy atom. The van der Waals surface area contributed by atoms with E-state index >= 15 is 0 Å². The molecule has 0 saturated carbocycles. The first-order valence-electron chi connectivity index (χ1n) is 9.02. The fourth-order valence-electron chi connectivity index (χ4n) is 3.66. The summed E-state index contributed by atoms with van der Waals surface area (Å²) in [6.07, 6.45) is 2.83. The molecule has 0 aliphatic carbocycles. The third-order valence-corrected chi connectivity index (χ3v) is 6.48. The zero-order valence-electron chi connectivity index (χ0n) is 15.9. The number of rotatable bonds is 3. The number of phenolic OH excluding ortho intramolecular Hbond substituents is 1. The van der Waals surface area contributed by atoms with Gasteiger partial charge in [-0.25, -0.2) is 17.5 Å².